The van der Waals surface area contributed by atoms with Gasteiger partial charge in [-0.3, -0.25) is 4.79 Å². The quantitative estimate of drug-likeness (QED) is 0.698. The van der Waals surface area contributed by atoms with Crippen molar-refractivity contribution in [2.24, 2.45) is 0 Å². The first kappa shape index (κ1) is 19.0. The number of carbonyl (C=O) groups is 1. The number of sulfone groups is 1. The fourth-order valence-corrected chi connectivity index (χ4v) is 5.20. The zero-order valence-corrected chi connectivity index (χ0v) is 16.8. The summed E-state index contributed by atoms with van der Waals surface area (Å²) in [6, 6.07) is 14.1. The Balaban J connectivity index is 1.41. The van der Waals surface area contributed by atoms with Crippen molar-refractivity contribution in [1.29, 1.82) is 0 Å². The van der Waals surface area contributed by atoms with Gasteiger partial charge >= 0.3 is 0 Å². The molecule has 1 aliphatic heterocycles. The molecule has 0 aliphatic carbocycles. The lowest BCUT2D eigenvalue weighted by Gasteiger charge is -2.32. The summed E-state index contributed by atoms with van der Waals surface area (Å²) < 4.78 is 25.0. The molecule has 1 aromatic heterocycles. The Hall–Kier alpha value is -2.31. The molecule has 1 saturated heterocycles. The maximum absolute atomic E-state index is 12.6. The molecule has 1 N–H and O–H groups in total. The number of benzene rings is 2. The van der Waals surface area contributed by atoms with E-state index in [1.165, 1.54) is 35.2 Å². The highest BCUT2D eigenvalue weighted by molar-refractivity contribution is 7.92. The molecule has 2 aromatic carbocycles. The highest BCUT2D eigenvalue weighted by atomic mass is 35.5. The van der Waals surface area contributed by atoms with Crippen molar-refractivity contribution in [3.8, 4) is 0 Å². The molecule has 0 saturated carbocycles. The van der Waals surface area contributed by atoms with Gasteiger partial charge in [0, 0.05) is 35.2 Å². The van der Waals surface area contributed by atoms with Crippen LogP contribution in [0.15, 0.2) is 59.6 Å². The number of hydrogen-bond donors (Lipinski definition) is 1. The number of aromatic nitrogens is 1. The molecule has 1 amide bonds. The van der Waals surface area contributed by atoms with Crippen LogP contribution in [-0.2, 0) is 14.6 Å². The van der Waals surface area contributed by atoms with Gasteiger partial charge in [0.15, 0.2) is 9.84 Å². The number of rotatable bonds is 4. The van der Waals surface area contributed by atoms with Crippen molar-refractivity contribution in [3.63, 3.8) is 0 Å². The van der Waals surface area contributed by atoms with Crippen LogP contribution in [0.4, 0.5) is 0 Å². The third-order valence-electron chi connectivity index (χ3n) is 5.39. The van der Waals surface area contributed by atoms with Crippen LogP contribution in [0.5, 0.6) is 0 Å². The Labute approximate surface area is 169 Å². The molecule has 4 rings (SSSR count). The Morgan fingerprint density at radius 3 is 2.46 bits per heavy atom. The summed E-state index contributed by atoms with van der Waals surface area (Å²) in [6.07, 6.45) is 3.71. The molecule has 146 valence electrons. The third-order valence-corrected chi connectivity index (χ3v) is 7.26. The Bertz CT molecular complexity index is 1100. The molecule has 0 unspecified atom stereocenters. The van der Waals surface area contributed by atoms with Gasteiger partial charge in [0.1, 0.15) is 5.75 Å². The van der Waals surface area contributed by atoms with E-state index in [0.717, 1.165) is 18.4 Å². The minimum absolute atomic E-state index is 0.124. The average Bonchev–Trinajstić information content (AvgIpc) is 3.12. The summed E-state index contributed by atoms with van der Waals surface area (Å²) in [5.74, 6) is -0.479. The standard InChI is InChI=1S/C21H21ClN2O3S/c22-16-5-7-17(8-6-16)28(26,27)14-21(25)24-11-9-15(10-12-24)19-13-23-20-4-2-1-3-18(19)20/h1-8,13,15,23H,9-12,14H2. The highest BCUT2D eigenvalue weighted by Crippen LogP contribution is 2.33. The topological polar surface area (TPSA) is 70.2 Å². The molecule has 28 heavy (non-hydrogen) atoms. The normalized spacial score (nSPS) is 15.8. The molecular formula is C21H21ClN2O3S. The van der Waals surface area contributed by atoms with E-state index in [-0.39, 0.29) is 10.8 Å². The van der Waals surface area contributed by atoms with Crippen molar-refractivity contribution in [2.75, 3.05) is 18.8 Å². The van der Waals surface area contributed by atoms with Gasteiger partial charge in [0.2, 0.25) is 5.91 Å². The van der Waals surface area contributed by atoms with E-state index in [4.69, 9.17) is 11.6 Å². The molecule has 0 radical (unpaired) electrons. The summed E-state index contributed by atoms with van der Waals surface area (Å²) in [4.78, 5) is 17.7. The first-order chi connectivity index (χ1) is 13.4. The van der Waals surface area contributed by atoms with Crippen molar-refractivity contribution in [3.05, 3.63) is 65.3 Å². The van der Waals surface area contributed by atoms with E-state index in [9.17, 15) is 13.2 Å². The van der Waals surface area contributed by atoms with Gasteiger partial charge in [-0.1, -0.05) is 29.8 Å². The summed E-state index contributed by atoms with van der Waals surface area (Å²) in [5.41, 5.74) is 2.39. The monoisotopic (exact) mass is 416 g/mol. The zero-order valence-electron chi connectivity index (χ0n) is 15.3. The molecule has 0 atom stereocenters. The average molecular weight is 417 g/mol. The van der Waals surface area contributed by atoms with Crippen LogP contribution >= 0.6 is 11.6 Å². The molecule has 1 aliphatic rings. The molecule has 2 heterocycles. The first-order valence-electron chi connectivity index (χ1n) is 9.26. The Morgan fingerprint density at radius 2 is 1.75 bits per heavy atom. The SMILES string of the molecule is O=C(CS(=O)(=O)c1ccc(Cl)cc1)N1CCC(c2c[nH]c3ccccc23)CC1. The van der Waals surface area contributed by atoms with Crippen molar-refractivity contribution < 1.29 is 13.2 Å². The predicted octanol–water partition coefficient (Wildman–Crippen LogP) is 4.00. The number of piperidine rings is 1. The minimum Gasteiger partial charge on any atom is -0.361 e. The van der Waals surface area contributed by atoms with Crippen molar-refractivity contribution in [2.45, 2.75) is 23.7 Å². The molecule has 0 spiro atoms. The zero-order chi connectivity index (χ0) is 19.7. The summed E-state index contributed by atoms with van der Waals surface area (Å²) in [7, 11) is -3.67. The van der Waals surface area contributed by atoms with Gasteiger partial charge in [-0.05, 0) is 54.7 Å². The van der Waals surface area contributed by atoms with E-state index >= 15 is 0 Å². The lowest BCUT2D eigenvalue weighted by atomic mass is 9.89. The minimum atomic E-state index is -3.67. The van der Waals surface area contributed by atoms with Crippen LogP contribution in [0.25, 0.3) is 10.9 Å². The number of nitrogens with zero attached hydrogens (tertiary/aromatic N) is 1. The highest BCUT2D eigenvalue weighted by Gasteiger charge is 2.28. The van der Waals surface area contributed by atoms with Crippen LogP contribution in [0.2, 0.25) is 5.02 Å². The fourth-order valence-electron chi connectivity index (χ4n) is 3.85. The van der Waals surface area contributed by atoms with Crippen LogP contribution in [0, 0.1) is 0 Å². The number of carbonyl (C=O) groups excluding carboxylic acids is 1. The molecular weight excluding hydrogens is 396 g/mol. The lowest BCUT2D eigenvalue weighted by molar-refractivity contribution is -0.129. The summed E-state index contributed by atoms with van der Waals surface area (Å²) in [5, 5.41) is 1.68. The summed E-state index contributed by atoms with van der Waals surface area (Å²) in [6.45, 7) is 1.14. The van der Waals surface area contributed by atoms with Gasteiger partial charge in [-0.25, -0.2) is 8.42 Å². The van der Waals surface area contributed by atoms with Gasteiger partial charge in [0.25, 0.3) is 0 Å². The number of hydrogen-bond acceptors (Lipinski definition) is 3. The fraction of sp³-hybridized carbons (Fsp3) is 0.286. The lowest BCUT2D eigenvalue weighted by Crippen LogP contribution is -2.41. The van der Waals surface area contributed by atoms with Gasteiger partial charge in [-0.2, -0.15) is 0 Å². The molecule has 3 aromatic rings. The van der Waals surface area contributed by atoms with Crippen LogP contribution < -0.4 is 0 Å². The number of H-pyrrole nitrogens is 1. The number of fused-ring (bicyclic) bond motifs is 1. The molecule has 7 heteroatoms. The number of nitrogens with one attached hydrogen (secondary N) is 1. The molecule has 5 nitrogen and oxygen atoms in total. The van der Waals surface area contributed by atoms with Crippen LogP contribution in [0.1, 0.15) is 24.3 Å². The third kappa shape index (κ3) is 3.80. The van der Waals surface area contributed by atoms with E-state index in [1.54, 1.807) is 4.90 Å². The number of aromatic amines is 1. The van der Waals surface area contributed by atoms with E-state index < -0.39 is 15.6 Å². The van der Waals surface area contributed by atoms with Crippen LogP contribution in [0.3, 0.4) is 0 Å². The van der Waals surface area contributed by atoms with Gasteiger partial charge < -0.3 is 9.88 Å². The predicted molar refractivity (Wildman–Crippen MR) is 110 cm³/mol. The number of para-hydroxylation sites is 1. The number of halogens is 1. The number of amides is 1. The smallest absolute Gasteiger partial charge is 0.238 e. The second kappa shape index (κ2) is 7.60. The second-order valence-corrected chi connectivity index (χ2v) is 9.58. The Kier molecular flexibility index (Phi) is 5.17. The largest absolute Gasteiger partial charge is 0.361 e. The Morgan fingerprint density at radius 1 is 1.07 bits per heavy atom. The van der Waals surface area contributed by atoms with Crippen molar-refractivity contribution in [1.82, 2.24) is 9.88 Å². The number of likely N-dealkylation sites (tertiary alicyclic amines) is 1. The second-order valence-electron chi connectivity index (χ2n) is 7.16. The van der Waals surface area contributed by atoms with Gasteiger partial charge in [0.05, 0.1) is 4.90 Å². The molecule has 1 fully saturated rings. The maximum Gasteiger partial charge on any atom is 0.238 e. The van der Waals surface area contributed by atoms with E-state index in [2.05, 4.69) is 23.3 Å². The van der Waals surface area contributed by atoms with Crippen LogP contribution in [-0.4, -0.2) is 43.1 Å². The molecule has 0 bridgehead atoms. The summed E-state index contributed by atoms with van der Waals surface area (Å²) >= 11 is 5.81. The van der Waals surface area contributed by atoms with E-state index in [0.29, 0.717) is 24.0 Å². The first-order valence-corrected chi connectivity index (χ1v) is 11.3. The van der Waals surface area contributed by atoms with Gasteiger partial charge in [-0.15, -0.1) is 0 Å². The van der Waals surface area contributed by atoms with E-state index in [1.807, 2.05) is 12.1 Å². The maximum atomic E-state index is 12.6. The van der Waals surface area contributed by atoms with Crippen molar-refractivity contribution >= 4 is 38.2 Å².